The molecule has 1 heterocycles. The first-order valence-electron chi connectivity index (χ1n) is 11.2. The summed E-state index contributed by atoms with van der Waals surface area (Å²) < 4.78 is 0. The number of amides is 2. The summed E-state index contributed by atoms with van der Waals surface area (Å²) >= 11 is 0. The van der Waals surface area contributed by atoms with Gasteiger partial charge in [0, 0.05) is 18.8 Å². The zero-order chi connectivity index (χ0) is 22.2. The number of benzene rings is 3. The van der Waals surface area contributed by atoms with Gasteiger partial charge in [0.25, 0.3) is 5.91 Å². The van der Waals surface area contributed by atoms with Crippen molar-refractivity contribution in [3.63, 3.8) is 0 Å². The Balaban J connectivity index is 1.44. The Bertz CT molecular complexity index is 1010. The average Bonchev–Trinajstić information content (AvgIpc) is 2.84. The quantitative estimate of drug-likeness (QED) is 0.588. The molecule has 2 unspecified atom stereocenters. The number of likely N-dealkylation sites (tertiary alicyclic amines) is 1. The van der Waals surface area contributed by atoms with Crippen LogP contribution in [0.2, 0.25) is 0 Å². The molecule has 4 rings (SSSR count). The van der Waals surface area contributed by atoms with Gasteiger partial charge in [-0.05, 0) is 42.6 Å². The maximum atomic E-state index is 13.2. The fourth-order valence-electron chi connectivity index (χ4n) is 4.20. The van der Waals surface area contributed by atoms with Crippen LogP contribution in [0, 0.1) is 5.92 Å². The minimum absolute atomic E-state index is 0.0696. The lowest BCUT2D eigenvalue weighted by Crippen LogP contribution is -2.45. The van der Waals surface area contributed by atoms with Crippen LogP contribution in [0.5, 0.6) is 0 Å². The van der Waals surface area contributed by atoms with Gasteiger partial charge in [-0.15, -0.1) is 0 Å². The number of rotatable bonds is 7. The van der Waals surface area contributed by atoms with Crippen LogP contribution in [0.1, 0.15) is 30.0 Å². The van der Waals surface area contributed by atoms with Crippen LogP contribution in [0.4, 0.5) is 5.69 Å². The van der Waals surface area contributed by atoms with Crippen LogP contribution in [0.15, 0.2) is 91.0 Å². The maximum Gasteiger partial charge on any atom is 0.251 e. The van der Waals surface area contributed by atoms with E-state index in [-0.39, 0.29) is 17.7 Å². The highest BCUT2D eigenvalue weighted by molar-refractivity contribution is 5.98. The molecule has 1 aliphatic rings. The summed E-state index contributed by atoms with van der Waals surface area (Å²) in [5.41, 5.74) is 2.73. The number of para-hydroxylation sites is 1. The molecule has 0 aliphatic carbocycles. The number of nitrogens with one attached hydrogen (secondary N) is 2. The van der Waals surface area contributed by atoms with E-state index >= 15 is 0 Å². The summed E-state index contributed by atoms with van der Waals surface area (Å²) in [6.07, 6.45) is 1.80. The number of carbonyl (C=O) groups excluding carboxylic acids is 2. The Morgan fingerprint density at radius 2 is 1.50 bits per heavy atom. The predicted molar refractivity (Wildman–Crippen MR) is 127 cm³/mol. The molecule has 3 aromatic carbocycles. The zero-order valence-electron chi connectivity index (χ0n) is 18.1. The van der Waals surface area contributed by atoms with Crippen LogP contribution in [0.3, 0.4) is 0 Å². The van der Waals surface area contributed by atoms with E-state index < -0.39 is 6.04 Å². The molecular formula is C27H29N3O2. The van der Waals surface area contributed by atoms with Crippen molar-refractivity contribution in [1.82, 2.24) is 10.2 Å². The highest BCUT2D eigenvalue weighted by atomic mass is 16.2. The minimum atomic E-state index is -0.742. The van der Waals surface area contributed by atoms with Crippen molar-refractivity contribution in [2.45, 2.75) is 25.4 Å². The van der Waals surface area contributed by atoms with Gasteiger partial charge in [0.05, 0.1) is 5.92 Å². The molecule has 5 heteroatoms. The third kappa shape index (κ3) is 5.83. The van der Waals surface area contributed by atoms with Crippen molar-refractivity contribution in [2.24, 2.45) is 5.92 Å². The summed E-state index contributed by atoms with van der Waals surface area (Å²) in [6, 6.07) is 28.3. The lowest BCUT2D eigenvalue weighted by Gasteiger charge is -2.33. The van der Waals surface area contributed by atoms with E-state index in [9.17, 15) is 9.59 Å². The van der Waals surface area contributed by atoms with Gasteiger partial charge in [0.2, 0.25) is 5.91 Å². The van der Waals surface area contributed by atoms with Crippen molar-refractivity contribution in [3.05, 3.63) is 102 Å². The molecule has 2 amide bonds. The standard InChI is InChI=1S/C27H29N3O2/c31-26(23-15-10-18-30(20-23)19-21-11-4-1-5-12-21)29-25(22-13-6-2-7-14-22)27(32)28-24-16-8-3-9-17-24/h1-9,11-14,16-17,23,25H,10,15,18-20H2,(H,28,32)(H,29,31). The van der Waals surface area contributed by atoms with Gasteiger partial charge in [-0.1, -0.05) is 78.9 Å². The number of hydrogen-bond acceptors (Lipinski definition) is 3. The fourth-order valence-corrected chi connectivity index (χ4v) is 4.20. The third-order valence-corrected chi connectivity index (χ3v) is 5.85. The minimum Gasteiger partial charge on any atom is -0.340 e. The molecule has 2 N–H and O–H groups in total. The van der Waals surface area contributed by atoms with Crippen LogP contribution >= 0.6 is 0 Å². The Morgan fingerprint density at radius 3 is 2.19 bits per heavy atom. The van der Waals surface area contributed by atoms with Gasteiger partial charge in [0.15, 0.2) is 0 Å². The second-order valence-electron chi connectivity index (χ2n) is 8.27. The Labute approximate surface area is 189 Å². The number of nitrogens with zero attached hydrogens (tertiary/aromatic N) is 1. The Morgan fingerprint density at radius 1 is 0.875 bits per heavy atom. The Hall–Kier alpha value is -3.44. The lowest BCUT2D eigenvalue weighted by molar-refractivity contribution is -0.130. The summed E-state index contributed by atoms with van der Waals surface area (Å²) in [4.78, 5) is 28.6. The second kappa shape index (κ2) is 10.7. The largest absolute Gasteiger partial charge is 0.340 e. The maximum absolute atomic E-state index is 13.2. The lowest BCUT2D eigenvalue weighted by atomic mass is 9.95. The van der Waals surface area contributed by atoms with Crippen LogP contribution in [0.25, 0.3) is 0 Å². The van der Waals surface area contributed by atoms with E-state index in [1.54, 1.807) is 0 Å². The number of hydrogen-bond donors (Lipinski definition) is 2. The van der Waals surface area contributed by atoms with Gasteiger partial charge in [0.1, 0.15) is 6.04 Å². The van der Waals surface area contributed by atoms with Gasteiger partial charge in [-0.2, -0.15) is 0 Å². The zero-order valence-corrected chi connectivity index (χ0v) is 18.1. The number of anilines is 1. The molecule has 1 aliphatic heterocycles. The fraction of sp³-hybridized carbons (Fsp3) is 0.259. The molecule has 0 bridgehead atoms. The van der Waals surface area contributed by atoms with Crippen molar-refractivity contribution >= 4 is 17.5 Å². The van der Waals surface area contributed by atoms with Gasteiger partial charge >= 0.3 is 0 Å². The molecule has 0 spiro atoms. The van der Waals surface area contributed by atoms with Gasteiger partial charge < -0.3 is 10.6 Å². The number of piperidine rings is 1. The Kier molecular flexibility index (Phi) is 7.31. The van der Waals surface area contributed by atoms with Crippen molar-refractivity contribution in [2.75, 3.05) is 18.4 Å². The van der Waals surface area contributed by atoms with Crippen molar-refractivity contribution in [3.8, 4) is 0 Å². The van der Waals surface area contributed by atoms with E-state index in [0.717, 1.165) is 31.5 Å². The molecule has 0 saturated carbocycles. The van der Waals surface area contributed by atoms with Gasteiger partial charge in [-0.25, -0.2) is 0 Å². The van der Waals surface area contributed by atoms with Gasteiger partial charge in [-0.3, -0.25) is 14.5 Å². The molecule has 1 saturated heterocycles. The molecule has 0 radical (unpaired) electrons. The SMILES string of the molecule is O=C(NC(C(=O)Nc1ccccc1)c1ccccc1)C1CCCN(Cc2ccccc2)C1. The molecule has 0 aromatic heterocycles. The first-order chi connectivity index (χ1) is 15.7. The predicted octanol–water partition coefficient (Wildman–Crippen LogP) is 4.39. The molecule has 164 valence electrons. The third-order valence-electron chi connectivity index (χ3n) is 5.85. The topological polar surface area (TPSA) is 61.4 Å². The molecule has 5 nitrogen and oxygen atoms in total. The van der Waals surface area contributed by atoms with Crippen molar-refractivity contribution < 1.29 is 9.59 Å². The highest BCUT2D eigenvalue weighted by Crippen LogP contribution is 2.22. The first-order valence-corrected chi connectivity index (χ1v) is 11.2. The summed E-state index contributed by atoms with van der Waals surface area (Å²) in [7, 11) is 0. The van der Waals surface area contributed by atoms with Crippen LogP contribution in [-0.2, 0) is 16.1 Å². The normalized spacial score (nSPS) is 17.3. The van der Waals surface area contributed by atoms with Crippen molar-refractivity contribution in [1.29, 1.82) is 0 Å². The monoisotopic (exact) mass is 427 g/mol. The van der Waals surface area contributed by atoms with E-state index in [4.69, 9.17) is 0 Å². The first kappa shape index (κ1) is 21.8. The molecule has 2 atom stereocenters. The molecule has 1 fully saturated rings. The van der Waals surface area contributed by atoms with E-state index in [1.807, 2.05) is 78.9 Å². The molecular weight excluding hydrogens is 398 g/mol. The smallest absolute Gasteiger partial charge is 0.251 e. The van der Waals surface area contributed by atoms with Crippen LogP contribution in [-0.4, -0.2) is 29.8 Å². The molecule has 32 heavy (non-hydrogen) atoms. The summed E-state index contributed by atoms with van der Waals surface area (Å²) in [5.74, 6) is -0.448. The summed E-state index contributed by atoms with van der Waals surface area (Å²) in [5, 5.41) is 5.96. The molecule has 3 aromatic rings. The summed E-state index contributed by atoms with van der Waals surface area (Å²) in [6.45, 7) is 2.51. The van der Waals surface area contributed by atoms with Crippen LogP contribution < -0.4 is 10.6 Å². The number of carbonyl (C=O) groups is 2. The van der Waals surface area contributed by atoms with E-state index in [1.165, 1.54) is 5.56 Å². The van der Waals surface area contributed by atoms with E-state index in [2.05, 4.69) is 27.7 Å². The second-order valence-corrected chi connectivity index (χ2v) is 8.27. The van der Waals surface area contributed by atoms with E-state index in [0.29, 0.717) is 12.2 Å². The highest BCUT2D eigenvalue weighted by Gasteiger charge is 2.30. The average molecular weight is 428 g/mol.